The zero-order valence-electron chi connectivity index (χ0n) is 17.2. The Labute approximate surface area is 174 Å². The normalized spacial score (nSPS) is 41.8. The number of carbonyl (C=O) groups is 1. The van der Waals surface area contributed by atoms with Crippen molar-refractivity contribution in [2.75, 3.05) is 0 Å². The lowest BCUT2D eigenvalue weighted by Gasteiger charge is -2.57. The van der Waals surface area contributed by atoms with E-state index < -0.39 is 0 Å². The lowest BCUT2D eigenvalue weighted by Crippen LogP contribution is -2.50. The summed E-state index contributed by atoms with van der Waals surface area (Å²) >= 11 is 2.21. The van der Waals surface area contributed by atoms with E-state index in [4.69, 9.17) is 0 Å². The van der Waals surface area contributed by atoms with Gasteiger partial charge in [0.2, 0.25) is 0 Å². The highest BCUT2D eigenvalue weighted by Gasteiger charge is 2.58. The summed E-state index contributed by atoms with van der Waals surface area (Å²) in [5.74, 6) is 3.78. The van der Waals surface area contributed by atoms with E-state index in [1.165, 1.54) is 43.2 Å². The van der Waals surface area contributed by atoms with Crippen molar-refractivity contribution in [3.63, 3.8) is 0 Å². The van der Waals surface area contributed by atoms with Crippen molar-refractivity contribution < 1.29 is 4.79 Å². The molecule has 148 valence electrons. The van der Waals surface area contributed by atoms with Crippen LogP contribution in [0.25, 0.3) is 0 Å². The average molecular weight is 393 g/mol. The van der Waals surface area contributed by atoms with E-state index in [0.717, 1.165) is 35.2 Å². The third-order valence-electron chi connectivity index (χ3n) is 8.76. The maximum Gasteiger partial charge on any atom is 0.178 e. The zero-order chi connectivity index (χ0) is 19.4. The molecule has 6 atom stereocenters. The molecule has 0 unspecified atom stereocenters. The van der Waals surface area contributed by atoms with Gasteiger partial charge in [-0.2, -0.15) is 11.8 Å². The van der Waals surface area contributed by atoms with Crippen LogP contribution in [0.15, 0.2) is 54.1 Å². The summed E-state index contributed by atoms with van der Waals surface area (Å²) in [5, 5.41) is 0.798. The first kappa shape index (κ1) is 18.7. The van der Waals surface area contributed by atoms with Crippen LogP contribution in [0.3, 0.4) is 0 Å². The summed E-state index contributed by atoms with van der Waals surface area (Å²) < 4.78 is 0. The summed E-state index contributed by atoms with van der Waals surface area (Å²) in [6.07, 6.45) is 14.0. The number of hydrogen-bond donors (Lipinski definition) is 0. The van der Waals surface area contributed by atoms with Gasteiger partial charge in [-0.25, -0.2) is 0 Å². The SMILES string of the molecule is C[C@]12CC[C@H]3[C@@H](CCC4=CC(=O)C=C[C@@]43C)[C@@H]1CC[C@H]2SCc1ccccc1. The van der Waals surface area contributed by atoms with Crippen molar-refractivity contribution in [2.24, 2.45) is 28.6 Å². The fourth-order valence-corrected chi connectivity index (χ4v) is 8.76. The first-order valence-corrected chi connectivity index (χ1v) is 12.2. The van der Waals surface area contributed by atoms with Gasteiger partial charge in [-0.05, 0) is 79.4 Å². The van der Waals surface area contributed by atoms with Crippen LogP contribution in [-0.2, 0) is 10.5 Å². The summed E-state index contributed by atoms with van der Waals surface area (Å²) in [6, 6.07) is 11.0. The molecule has 0 N–H and O–H groups in total. The Morgan fingerprint density at radius 3 is 2.68 bits per heavy atom. The Hall–Kier alpha value is -1.28. The molecule has 0 radical (unpaired) electrons. The van der Waals surface area contributed by atoms with Gasteiger partial charge in [0.05, 0.1) is 0 Å². The van der Waals surface area contributed by atoms with Crippen LogP contribution in [-0.4, -0.2) is 11.0 Å². The molecule has 0 bridgehead atoms. The van der Waals surface area contributed by atoms with Gasteiger partial charge in [0.1, 0.15) is 0 Å². The lowest BCUT2D eigenvalue weighted by atomic mass is 9.48. The molecule has 1 aromatic rings. The van der Waals surface area contributed by atoms with Gasteiger partial charge in [0.15, 0.2) is 5.78 Å². The molecule has 4 aliphatic carbocycles. The Morgan fingerprint density at radius 2 is 1.86 bits per heavy atom. The minimum absolute atomic E-state index is 0.132. The van der Waals surface area contributed by atoms with Crippen molar-refractivity contribution in [2.45, 2.75) is 63.4 Å². The highest BCUT2D eigenvalue weighted by atomic mass is 32.2. The molecule has 0 amide bonds. The molecular weight excluding hydrogens is 360 g/mol. The number of fused-ring (bicyclic) bond motifs is 5. The fraction of sp³-hybridized carbons (Fsp3) is 0.577. The number of carbonyl (C=O) groups excluding carboxylic acids is 1. The van der Waals surface area contributed by atoms with Gasteiger partial charge >= 0.3 is 0 Å². The van der Waals surface area contributed by atoms with Crippen molar-refractivity contribution in [1.29, 1.82) is 0 Å². The largest absolute Gasteiger partial charge is 0.290 e. The van der Waals surface area contributed by atoms with Crippen LogP contribution < -0.4 is 0 Å². The summed E-state index contributed by atoms with van der Waals surface area (Å²) in [6.45, 7) is 5.02. The molecule has 0 saturated heterocycles. The fourth-order valence-electron chi connectivity index (χ4n) is 7.19. The molecule has 0 spiro atoms. The molecule has 0 heterocycles. The minimum Gasteiger partial charge on any atom is -0.290 e. The van der Waals surface area contributed by atoms with Crippen LogP contribution in [0.4, 0.5) is 0 Å². The highest BCUT2D eigenvalue weighted by molar-refractivity contribution is 7.99. The second-order valence-corrected chi connectivity index (χ2v) is 11.2. The van der Waals surface area contributed by atoms with E-state index in [1.54, 1.807) is 0 Å². The number of benzene rings is 1. The molecule has 3 saturated carbocycles. The van der Waals surface area contributed by atoms with Crippen LogP contribution in [0.1, 0.15) is 57.9 Å². The number of rotatable bonds is 3. The molecule has 0 aliphatic heterocycles. The van der Waals surface area contributed by atoms with Gasteiger partial charge in [-0.15, -0.1) is 0 Å². The van der Waals surface area contributed by atoms with Crippen molar-refractivity contribution in [3.8, 4) is 0 Å². The smallest absolute Gasteiger partial charge is 0.178 e. The molecule has 2 heteroatoms. The average Bonchev–Trinajstić information content (AvgIpc) is 3.04. The monoisotopic (exact) mass is 392 g/mol. The Morgan fingerprint density at radius 1 is 1.04 bits per heavy atom. The molecule has 4 aliphatic rings. The quantitative estimate of drug-likeness (QED) is 0.577. The first-order valence-electron chi connectivity index (χ1n) is 11.1. The molecule has 28 heavy (non-hydrogen) atoms. The second-order valence-electron chi connectivity index (χ2n) is 10.0. The van der Waals surface area contributed by atoms with Crippen LogP contribution in [0.5, 0.6) is 0 Å². The van der Waals surface area contributed by atoms with E-state index in [9.17, 15) is 4.79 Å². The van der Waals surface area contributed by atoms with Gasteiger partial charge in [0, 0.05) is 16.4 Å². The summed E-state index contributed by atoms with van der Waals surface area (Å²) in [5.41, 5.74) is 3.50. The minimum atomic E-state index is 0.132. The summed E-state index contributed by atoms with van der Waals surface area (Å²) in [4.78, 5) is 11.9. The first-order chi connectivity index (χ1) is 13.5. The zero-order valence-corrected chi connectivity index (χ0v) is 18.0. The Balaban J connectivity index is 1.35. The molecule has 1 nitrogen and oxygen atoms in total. The maximum absolute atomic E-state index is 11.9. The predicted molar refractivity (Wildman–Crippen MR) is 118 cm³/mol. The Bertz CT molecular complexity index is 824. The van der Waals surface area contributed by atoms with Gasteiger partial charge in [0.25, 0.3) is 0 Å². The molecule has 0 aromatic heterocycles. The van der Waals surface area contributed by atoms with E-state index in [1.807, 2.05) is 12.2 Å². The van der Waals surface area contributed by atoms with Gasteiger partial charge in [-0.1, -0.05) is 55.8 Å². The predicted octanol–water partition coefficient (Wildman–Crippen LogP) is 6.60. The third kappa shape index (κ3) is 2.86. The van der Waals surface area contributed by atoms with E-state index in [2.05, 4.69) is 62.0 Å². The number of allylic oxidation sites excluding steroid dienone is 4. The number of thioether (sulfide) groups is 1. The Kier molecular flexibility index (Phi) is 4.62. The molecule has 3 fully saturated rings. The molecular formula is C26H32OS. The second kappa shape index (κ2) is 6.90. The molecule has 1 aromatic carbocycles. The maximum atomic E-state index is 11.9. The number of ketones is 1. The van der Waals surface area contributed by atoms with E-state index >= 15 is 0 Å². The van der Waals surface area contributed by atoms with Crippen LogP contribution in [0, 0.1) is 28.6 Å². The lowest BCUT2D eigenvalue weighted by molar-refractivity contribution is -0.111. The van der Waals surface area contributed by atoms with Gasteiger partial charge < -0.3 is 0 Å². The van der Waals surface area contributed by atoms with Crippen molar-refractivity contribution in [3.05, 3.63) is 59.7 Å². The molecule has 5 rings (SSSR count). The van der Waals surface area contributed by atoms with Crippen molar-refractivity contribution in [1.82, 2.24) is 0 Å². The van der Waals surface area contributed by atoms with Crippen LogP contribution in [0.2, 0.25) is 0 Å². The van der Waals surface area contributed by atoms with Crippen LogP contribution >= 0.6 is 11.8 Å². The van der Waals surface area contributed by atoms with Crippen molar-refractivity contribution >= 4 is 17.5 Å². The topological polar surface area (TPSA) is 17.1 Å². The van der Waals surface area contributed by atoms with E-state index in [-0.39, 0.29) is 11.2 Å². The number of hydrogen-bond acceptors (Lipinski definition) is 2. The third-order valence-corrected chi connectivity index (χ3v) is 10.4. The summed E-state index contributed by atoms with van der Waals surface area (Å²) in [7, 11) is 0. The highest BCUT2D eigenvalue weighted by Crippen LogP contribution is 2.66. The van der Waals surface area contributed by atoms with E-state index in [0.29, 0.717) is 5.41 Å². The standard InChI is InChI=1S/C26H32OS/c1-25-14-12-20(27)16-19(25)8-9-21-22-10-11-24(26(22,2)15-13-23(21)25)28-17-18-6-4-3-5-7-18/h3-7,12,14,16,21-24H,8-11,13,15,17H2,1-2H3/t21-,22-,23-,24+,25-,26-/m0/s1. The van der Waals surface area contributed by atoms with Gasteiger partial charge in [-0.3, -0.25) is 4.79 Å².